The molecule has 1 atom stereocenters. The molecule has 1 aromatic rings. The lowest BCUT2D eigenvalue weighted by molar-refractivity contribution is 0.0526. The minimum Gasteiger partial charge on any atom is -0.462 e. The van der Waals surface area contributed by atoms with E-state index in [4.69, 9.17) is 10.5 Å². The van der Waals surface area contributed by atoms with Crippen molar-refractivity contribution in [2.45, 2.75) is 38.8 Å². The van der Waals surface area contributed by atoms with Gasteiger partial charge in [0.15, 0.2) is 0 Å². The lowest BCUT2D eigenvalue weighted by Gasteiger charge is -2.25. The van der Waals surface area contributed by atoms with Crippen LogP contribution in [0.3, 0.4) is 0 Å². The van der Waals surface area contributed by atoms with Gasteiger partial charge in [-0.1, -0.05) is 0 Å². The third kappa shape index (κ3) is 4.11. The van der Waals surface area contributed by atoms with Crippen molar-refractivity contribution in [3.8, 4) is 0 Å². The van der Waals surface area contributed by atoms with Crippen molar-refractivity contribution in [2.24, 2.45) is 0 Å². The maximum Gasteiger partial charge on any atom is 0.338 e. The fourth-order valence-corrected chi connectivity index (χ4v) is 2.29. The van der Waals surface area contributed by atoms with Crippen LogP contribution in [0.25, 0.3) is 0 Å². The summed E-state index contributed by atoms with van der Waals surface area (Å²) in [6, 6.07) is 6.34. The van der Waals surface area contributed by atoms with E-state index in [0.717, 1.165) is 18.3 Å². The molecular formula is C16H25N3O2. The van der Waals surface area contributed by atoms with Crippen molar-refractivity contribution in [2.75, 3.05) is 31.2 Å². The van der Waals surface area contributed by atoms with Gasteiger partial charge in [0, 0.05) is 18.6 Å². The fourth-order valence-electron chi connectivity index (χ4n) is 2.29. The summed E-state index contributed by atoms with van der Waals surface area (Å²) in [4.78, 5) is 14.1. The summed E-state index contributed by atoms with van der Waals surface area (Å²) in [6.07, 6.45) is 2.59. The molecule has 0 saturated heterocycles. The van der Waals surface area contributed by atoms with Crippen LogP contribution in [0.1, 0.15) is 37.0 Å². The molecule has 1 aromatic carbocycles. The average molecular weight is 291 g/mol. The van der Waals surface area contributed by atoms with E-state index in [1.54, 1.807) is 25.1 Å². The number of nitrogens with two attached hydrogens (primary N) is 1. The molecule has 1 unspecified atom stereocenters. The number of hydrogen-bond acceptors (Lipinski definition) is 5. The zero-order valence-corrected chi connectivity index (χ0v) is 13.1. The maximum atomic E-state index is 11.8. The largest absolute Gasteiger partial charge is 0.462 e. The van der Waals surface area contributed by atoms with Gasteiger partial charge >= 0.3 is 5.97 Å². The summed E-state index contributed by atoms with van der Waals surface area (Å²) in [5, 5.41) is 3.34. The number of anilines is 2. The summed E-state index contributed by atoms with van der Waals surface area (Å²) in [5.74, 6) is -0.316. The van der Waals surface area contributed by atoms with Crippen LogP contribution in [0.4, 0.5) is 11.4 Å². The Morgan fingerprint density at radius 1 is 1.52 bits per heavy atom. The molecule has 2 rings (SSSR count). The van der Waals surface area contributed by atoms with Crippen molar-refractivity contribution >= 4 is 17.3 Å². The Balaban J connectivity index is 1.98. The zero-order valence-electron chi connectivity index (χ0n) is 13.1. The van der Waals surface area contributed by atoms with Gasteiger partial charge in [0.25, 0.3) is 0 Å². The first-order valence-corrected chi connectivity index (χ1v) is 7.55. The Kier molecular flexibility index (Phi) is 5.07. The Morgan fingerprint density at radius 3 is 2.86 bits per heavy atom. The molecule has 1 saturated carbocycles. The lowest BCUT2D eigenvalue weighted by Crippen LogP contribution is -2.36. The van der Waals surface area contributed by atoms with Crippen LogP contribution in [0.2, 0.25) is 0 Å². The summed E-state index contributed by atoms with van der Waals surface area (Å²) in [7, 11) is 2.16. The second-order valence-corrected chi connectivity index (χ2v) is 5.65. The number of carbonyl (C=O) groups is 1. The lowest BCUT2D eigenvalue weighted by atomic mass is 10.1. The van der Waals surface area contributed by atoms with E-state index in [9.17, 15) is 4.79 Å². The maximum absolute atomic E-state index is 11.8. The van der Waals surface area contributed by atoms with Crippen LogP contribution in [0.5, 0.6) is 0 Å². The number of benzene rings is 1. The van der Waals surface area contributed by atoms with E-state index in [-0.39, 0.29) is 5.97 Å². The van der Waals surface area contributed by atoms with E-state index in [2.05, 4.69) is 24.2 Å². The van der Waals surface area contributed by atoms with Crippen molar-refractivity contribution in [1.82, 2.24) is 4.90 Å². The molecule has 0 aromatic heterocycles. The van der Waals surface area contributed by atoms with Gasteiger partial charge in [0.2, 0.25) is 0 Å². The number of esters is 1. The van der Waals surface area contributed by atoms with Gasteiger partial charge in [-0.2, -0.15) is 0 Å². The molecule has 116 valence electrons. The van der Waals surface area contributed by atoms with Crippen molar-refractivity contribution < 1.29 is 9.53 Å². The van der Waals surface area contributed by atoms with Gasteiger partial charge in [-0.15, -0.1) is 0 Å². The summed E-state index contributed by atoms with van der Waals surface area (Å²) in [5.41, 5.74) is 7.93. The number of nitrogen functional groups attached to an aromatic ring is 1. The second-order valence-electron chi connectivity index (χ2n) is 5.65. The van der Waals surface area contributed by atoms with E-state index in [1.807, 2.05) is 0 Å². The van der Waals surface area contributed by atoms with E-state index >= 15 is 0 Å². The molecule has 21 heavy (non-hydrogen) atoms. The highest BCUT2D eigenvalue weighted by Gasteiger charge is 2.28. The molecule has 3 N–H and O–H groups in total. The highest BCUT2D eigenvalue weighted by molar-refractivity contribution is 5.92. The molecule has 5 nitrogen and oxygen atoms in total. The van der Waals surface area contributed by atoms with Gasteiger partial charge < -0.3 is 15.8 Å². The van der Waals surface area contributed by atoms with Crippen molar-refractivity contribution in [3.63, 3.8) is 0 Å². The molecule has 1 fully saturated rings. The minimum atomic E-state index is -0.316. The SMILES string of the molecule is CCOC(=O)c1ccc(N)c(NCC(C)N(C)C2CC2)c1. The predicted molar refractivity (Wildman–Crippen MR) is 85.5 cm³/mol. The first kappa shape index (κ1) is 15.6. The van der Waals surface area contributed by atoms with E-state index < -0.39 is 0 Å². The molecule has 0 bridgehead atoms. The van der Waals surface area contributed by atoms with Crippen LogP contribution < -0.4 is 11.1 Å². The van der Waals surface area contributed by atoms with Gasteiger partial charge in [-0.25, -0.2) is 4.79 Å². The quantitative estimate of drug-likeness (QED) is 0.596. The number of carbonyl (C=O) groups excluding carboxylic acids is 1. The third-order valence-corrected chi connectivity index (χ3v) is 3.97. The molecule has 1 aliphatic carbocycles. The van der Waals surface area contributed by atoms with Crippen LogP contribution in [0.15, 0.2) is 18.2 Å². The number of rotatable bonds is 7. The van der Waals surface area contributed by atoms with E-state index in [1.165, 1.54) is 12.8 Å². The number of ether oxygens (including phenoxy) is 1. The Bertz CT molecular complexity index is 500. The van der Waals surface area contributed by atoms with Crippen LogP contribution >= 0.6 is 0 Å². The molecule has 0 aliphatic heterocycles. The smallest absolute Gasteiger partial charge is 0.338 e. The van der Waals surface area contributed by atoms with E-state index in [0.29, 0.717) is 23.9 Å². The standard InChI is InChI=1S/C16H25N3O2/c1-4-21-16(20)12-5-8-14(17)15(9-12)18-10-11(2)19(3)13-6-7-13/h5,8-9,11,13,18H,4,6-7,10,17H2,1-3H3. The average Bonchev–Trinajstić information content (AvgIpc) is 3.30. The highest BCUT2D eigenvalue weighted by atomic mass is 16.5. The van der Waals surface area contributed by atoms with Crippen LogP contribution in [0, 0.1) is 0 Å². The van der Waals surface area contributed by atoms with Crippen LogP contribution in [-0.4, -0.2) is 43.2 Å². The Morgan fingerprint density at radius 2 is 2.24 bits per heavy atom. The molecule has 0 radical (unpaired) electrons. The molecule has 1 aliphatic rings. The van der Waals surface area contributed by atoms with Gasteiger partial charge in [-0.05, 0) is 51.9 Å². The Hall–Kier alpha value is -1.75. The molecule has 0 amide bonds. The van der Waals surface area contributed by atoms with Crippen molar-refractivity contribution in [1.29, 1.82) is 0 Å². The van der Waals surface area contributed by atoms with Crippen molar-refractivity contribution in [3.05, 3.63) is 23.8 Å². The highest BCUT2D eigenvalue weighted by Crippen LogP contribution is 2.27. The Labute approximate surface area is 126 Å². The first-order chi connectivity index (χ1) is 10.0. The first-order valence-electron chi connectivity index (χ1n) is 7.55. The van der Waals surface area contributed by atoms with Gasteiger partial charge in [0.05, 0.1) is 23.5 Å². The monoisotopic (exact) mass is 291 g/mol. The number of likely N-dealkylation sites (N-methyl/N-ethyl adjacent to an activating group) is 1. The van der Waals surface area contributed by atoms with Gasteiger partial charge in [-0.3, -0.25) is 4.90 Å². The normalized spacial score (nSPS) is 15.8. The predicted octanol–water partition coefficient (Wildman–Crippen LogP) is 2.34. The second kappa shape index (κ2) is 6.80. The fraction of sp³-hybridized carbons (Fsp3) is 0.562. The summed E-state index contributed by atoms with van der Waals surface area (Å²) < 4.78 is 5.01. The number of hydrogen-bond donors (Lipinski definition) is 2. The molecule has 0 heterocycles. The number of nitrogens with one attached hydrogen (secondary N) is 1. The number of nitrogens with zero attached hydrogens (tertiary/aromatic N) is 1. The van der Waals surface area contributed by atoms with Gasteiger partial charge in [0.1, 0.15) is 0 Å². The third-order valence-electron chi connectivity index (χ3n) is 3.97. The molecular weight excluding hydrogens is 266 g/mol. The van der Waals surface area contributed by atoms with Crippen LogP contribution in [-0.2, 0) is 4.74 Å². The molecule has 0 spiro atoms. The summed E-state index contributed by atoms with van der Waals surface area (Å²) >= 11 is 0. The topological polar surface area (TPSA) is 67.6 Å². The minimum absolute atomic E-state index is 0.316. The summed E-state index contributed by atoms with van der Waals surface area (Å²) in [6.45, 7) is 5.15. The molecule has 5 heteroatoms. The zero-order chi connectivity index (χ0) is 15.4.